The summed E-state index contributed by atoms with van der Waals surface area (Å²) in [5.74, 6) is 1.57. The maximum absolute atomic E-state index is 12.9. The Balaban J connectivity index is 2.05. The summed E-state index contributed by atoms with van der Waals surface area (Å²) in [5.41, 5.74) is 1.88. The SMILES string of the molecule is Cc1cc(CNc2cccc(F)c2)c(C)o1. The van der Waals surface area contributed by atoms with Crippen molar-refractivity contribution in [2.24, 2.45) is 0 Å². The van der Waals surface area contributed by atoms with Crippen molar-refractivity contribution in [3.63, 3.8) is 0 Å². The molecule has 0 aliphatic rings. The van der Waals surface area contributed by atoms with Gasteiger partial charge in [-0.2, -0.15) is 0 Å². The molecule has 0 saturated heterocycles. The molecule has 3 heteroatoms. The number of hydrogen-bond acceptors (Lipinski definition) is 2. The fourth-order valence-electron chi connectivity index (χ4n) is 1.65. The number of aryl methyl sites for hydroxylation is 2. The first-order valence-corrected chi connectivity index (χ1v) is 5.20. The number of rotatable bonds is 3. The molecule has 2 nitrogen and oxygen atoms in total. The lowest BCUT2D eigenvalue weighted by molar-refractivity contribution is 0.501. The van der Waals surface area contributed by atoms with Crippen LogP contribution >= 0.6 is 0 Å². The molecule has 84 valence electrons. The molecule has 0 atom stereocenters. The summed E-state index contributed by atoms with van der Waals surface area (Å²) < 4.78 is 18.3. The molecular weight excluding hydrogens is 205 g/mol. The Morgan fingerprint density at radius 3 is 2.69 bits per heavy atom. The van der Waals surface area contributed by atoms with Crippen LogP contribution in [0.1, 0.15) is 17.1 Å². The molecule has 16 heavy (non-hydrogen) atoms. The van der Waals surface area contributed by atoms with E-state index in [9.17, 15) is 4.39 Å². The molecule has 1 aromatic heterocycles. The smallest absolute Gasteiger partial charge is 0.125 e. The Hall–Kier alpha value is -1.77. The fraction of sp³-hybridized carbons (Fsp3) is 0.231. The number of hydrogen-bond donors (Lipinski definition) is 1. The summed E-state index contributed by atoms with van der Waals surface area (Å²) in [6.45, 7) is 4.49. The van der Waals surface area contributed by atoms with Gasteiger partial charge in [0.25, 0.3) is 0 Å². The van der Waals surface area contributed by atoms with Crippen LogP contribution in [0.2, 0.25) is 0 Å². The van der Waals surface area contributed by atoms with Crippen LogP contribution in [0.3, 0.4) is 0 Å². The summed E-state index contributed by atoms with van der Waals surface area (Å²) in [6.07, 6.45) is 0. The zero-order valence-corrected chi connectivity index (χ0v) is 9.38. The van der Waals surface area contributed by atoms with Crippen LogP contribution in [0.4, 0.5) is 10.1 Å². The standard InChI is InChI=1S/C13H14FNO/c1-9-6-11(10(2)16-9)8-15-13-5-3-4-12(14)7-13/h3-7,15H,8H2,1-2H3. The van der Waals surface area contributed by atoms with Crippen molar-refractivity contribution in [2.45, 2.75) is 20.4 Å². The highest BCUT2D eigenvalue weighted by Gasteiger charge is 2.04. The normalized spacial score (nSPS) is 10.4. The van der Waals surface area contributed by atoms with E-state index in [-0.39, 0.29) is 5.82 Å². The molecular formula is C13H14FNO. The Labute approximate surface area is 94.1 Å². The Bertz CT molecular complexity index is 490. The average Bonchev–Trinajstić information content (AvgIpc) is 2.54. The van der Waals surface area contributed by atoms with Crippen LogP contribution < -0.4 is 5.32 Å². The molecule has 0 unspecified atom stereocenters. The minimum Gasteiger partial charge on any atom is -0.466 e. The molecule has 1 N–H and O–H groups in total. The second-order valence-electron chi connectivity index (χ2n) is 3.80. The number of anilines is 1. The van der Waals surface area contributed by atoms with Gasteiger partial charge < -0.3 is 9.73 Å². The number of halogens is 1. The van der Waals surface area contributed by atoms with E-state index < -0.39 is 0 Å². The summed E-state index contributed by atoms with van der Waals surface area (Å²) in [5, 5.41) is 3.16. The third-order valence-corrected chi connectivity index (χ3v) is 2.45. The van der Waals surface area contributed by atoms with E-state index >= 15 is 0 Å². The van der Waals surface area contributed by atoms with Gasteiger partial charge in [0.1, 0.15) is 17.3 Å². The van der Waals surface area contributed by atoms with Gasteiger partial charge in [-0.25, -0.2) is 4.39 Å². The maximum atomic E-state index is 12.9. The second kappa shape index (κ2) is 4.39. The highest BCUT2D eigenvalue weighted by Crippen LogP contribution is 2.16. The van der Waals surface area contributed by atoms with Crippen molar-refractivity contribution >= 4 is 5.69 Å². The van der Waals surface area contributed by atoms with Gasteiger partial charge in [0.15, 0.2) is 0 Å². The molecule has 0 bridgehead atoms. The van der Waals surface area contributed by atoms with Crippen molar-refractivity contribution in [1.82, 2.24) is 0 Å². The van der Waals surface area contributed by atoms with Crippen molar-refractivity contribution in [1.29, 1.82) is 0 Å². The first-order chi connectivity index (χ1) is 7.65. The Kier molecular flexibility index (Phi) is 2.95. The van der Waals surface area contributed by atoms with E-state index in [4.69, 9.17) is 4.42 Å². The molecule has 0 aliphatic carbocycles. The molecule has 2 rings (SSSR count). The van der Waals surface area contributed by atoms with Crippen LogP contribution in [-0.2, 0) is 6.54 Å². The van der Waals surface area contributed by atoms with Crippen molar-refractivity contribution < 1.29 is 8.81 Å². The maximum Gasteiger partial charge on any atom is 0.125 e. The van der Waals surface area contributed by atoms with Gasteiger partial charge in [0.2, 0.25) is 0 Å². The number of benzene rings is 1. The zero-order valence-electron chi connectivity index (χ0n) is 9.38. The predicted octanol–water partition coefficient (Wildman–Crippen LogP) is 3.65. The first kappa shape index (κ1) is 10.7. The van der Waals surface area contributed by atoms with E-state index in [0.717, 1.165) is 22.8 Å². The lowest BCUT2D eigenvalue weighted by atomic mass is 10.2. The quantitative estimate of drug-likeness (QED) is 0.852. The monoisotopic (exact) mass is 219 g/mol. The van der Waals surface area contributed by atoms with Crippen LogP contribution in [0.15, 0.2) is 34.7 Å². The predicted molar refractivity (Wildman–Crippen MR) is 61.9 cm³/mol. The van der Waals surface area contributed by atoms with Crippen LogP contribution in [-0.4, -0.2) is 0 Å². The van der Waals surface area contributed by atoms with Gasteiger partial charge in [-0.15, -0.1) is 0 Å². The summed E-state index contributed by atoms with van der Waals surface area (Å²) in [6, 6.07) is 8.42. The van der Waals surface area contributed by atoms with Crippen molar-refractivity contribution in [2.75, 3.05) is 5.32 Å². The third-order valence-electron chi connectivity index (χ3n) is 2.45. The minimum absolute atomic E-state index is 0.231. The molecule has 0 radical (unpaired) electrons. The summed E-state index contributed by atoms with van der Waals surface area (Å²) >= 11 is 0. The molecule has 0 aliphatic heterocycles. The van der Waals surface area contributed by atoms with Gasteiger partial charge in [-0.05, 0) is 38.1 Å². The third kappa shape index (κ3) is 2.42. The fourth-order valence-corrected chi connectivity index (χ4v) is 1.65. The lowest BCUT2D eigenvalue weighted by Crippen LogP contribution is -1.99. The zero-order chi connectivity index (χ0) is 11.5. The van der Waals surface area contributed by atoms with E-state index in [2.05, 4.69) is 5.32 Å². The van der Waals surface area contributed by atoms with Crippen LogP contribution in [0, 0.1) is 19.7 Å². The highest BCUT2D eigenvalue weighted by molar-refractivity contribution is 5.44. The van der Waals surface area contributed by atoms with Gasteiger partial charge in [0.05, 0.1) is 0 Å². The minimum atomic E-state index is -0.231. The van der Waals surface area contributed by atoms with E-state index in [1.165, 1.54) is 12.1 Å². The average molecular weight is 219 g/mol. The molecule has 2 aromatic rings. The summed E-state index contributed by atoms with van der Waals surface area (Å²) in [4.78, 5) is 0. The highest BCUT2D eigenvalue weighted by atomic mass is 19.1. The van der Waals surface area contributed by atoms with Crippen LogP contribution in [0.25, 0.3) is 0 Å². The number of furan rings is 1. The van der Waals surface area contributed by atoms with Gasteiger partial charge in [0, 0.05) is 17.8 Å². The Morgan fingerprint density at radius 2 is 2.06 bits per heavy atom. The molecule has 1 aromatic carbocycles. The van der Waals surface area contributed by atoms with E-state index in [1.54, 1.807) is 6.07 Å². The van der Waals surface area contributed by atoms with Crippen LogP contribution in [0.5, 0.6) is 0 Å². The molecule has 0 fully saturated rings. The molecule has 0 amide bonds. The van der Waals surface area contributed by atoms with Gasteiger partial charge >= 0.3 is 0 Å². The second-order valence-corrected chi connectivity index (χ2v) is 3.80. The van der Waals surface area contributed by atoms with Gasteiger partial charge in [-0.3, -0.25) is 0 Å². The lowest BCUT2D eigenvalue weighted by Gasteiger charge is -2.05. The molecule has 0 spiro atoms. The molecule has 0 saturated carbocycles. The van der Waals surface area contributed by atoms with E-state index in [1.807, 2.05) is 26.0 Å². The Morgan fingerprint density at radius 1 is 1.25 bits per heavy atom. The van der Waals surface area contributed by atoms with Gasteiger partial charge in [-0.1, -0.05) is 6.07 Å². The topological polar surface area (TPSA) is 25.2 Å². The summed E-state index contributed by atoms with van der Waals surface area (Å²) in [7, 11) is 0. The van der Waals surface area contributed by atoms with E-state index in [0.29, 0.717) is 6.54 Å². The molecule has 1 heterocycles. The van der Waals surface area contributed by atoms with Crippen molar-refractivity contribution in [3.8, 4) is 0 Å². The number of nitrogens with one attached hydrogen (secondary N) is 1. The van der Waals surface area contributed by atoms with Crippen molar-refractivity contribution in [3.05, 3.63) is 53.2 Å². The first-order valence-electron chi connectivity index (χ1n) is 5.20. The largest absolute Gasteiger partial charge is 0.466 e.